The minimum Gasteiger partial charge on any atom is -0.469 e. The summed E-state index contributed by atoms with van der Waals surface area (Å²) < 4.78 is 16.2. The van der Waals surface area contributed by atoms with Crippen molar-refractivity contribution in [3.8, 4) is 34.3 Å². The van der Waals surface area contributed by atoms with Crippen LogP contribution in [0.15, 0.2) is 77.3 Å². The molecule has 5 rings (SSSR count). The molecule has 0 unspecified atom stereocenters. The summed E-state index contributed by atoms with van der Waals surface area (Å²) in [7, 11) is 1.44. The summed E-state index contributed by atoms with van der Waals surface area (Å²) in [5, 5.41) is 4.73. The van der Waals surface area contributed by atoms with Gasteiger partial charge in [-0.2, -0.15) is 4.98 Å². The van der Waals surface area contributed by atoms with Gasteiger partial charge in [0, 0.05) is 24.1 Å². The summed E-state index contributed by atoms with van der Waals surface area (Å²) in [6, 6.07) is 23.1. The summed E-state index contributed by atoms with van der Waals surface area (Å²) in [5.74, 6) is 2.63. The van der Waals surface area contributed by atoms with Crippen molar-refractivity contribution in [3.05, 3.63) is 83.4 Å². The van der Waals surface area contributed by atoms with Crippen LogP contribution in [0.2, 0.25) is 5.02 Å². The topological polar surface area (TPSA) is 77.7 Å². The number of hydrogen-bond acceptors (Lipinski definition) is 7. The second-order valence-corrected chi connectivity index (χ2v) is 9.58. The van der Waals surface area contributed by atoms with Gasteiger partial charge in [-0.05, 0) is 85.9 Å². The van der Waals surface area contributed by atoms with E-state index < -0.39 is 0 Å². The number of carbonyl (C=O) groups is 1. The maximum Gasteiger partial charge on any atom is 0.305 e. The van der Waals surface area contributed by atoms with Gasteiger partial charge in [0.05, 0.1) is 12.1 Å². The van der Waals surface area contributed by atoms with E-state index in [2.05, 4.69) is 15.0 Å². The summed E-state index contributed by atoms with van der Waals surface area (Å²) in [4.78, 5) is 18.5. The number of para-hydroxylation sites is 1. The number of halogens is 1. The first-order valence-corrected chi connectivity index (χ1v) is 12.7. The second kappa shape index (κ2) is 11.6. The monoisotopic (exact) mass is 517 g/mol. The molecular formula is C29H28ClN3O4. The molecule has 2 heterocycles. The molecule has 3 aromatic carbocycles. The van der Waals surface area contributed by atoms with E-state index in [-0.39, 0.29) is 5.97 Å². The highest BCUT2D eigenvalue weighted by atomic mass is 35.5. The first kappa shape index (κ1) is 25.0. The zero-order valence-corrected chi connectivity index (χ0v) is 21.4. The molecule has 1 fully saturated rings. The Labute approximate surface area is 221 Å². The Morgan fingerprint density at radius 3 is 2.46 bits per heavy atom. The van der Waals surface area contributed by atoms with Crippen LogP contribution in [0.5, 0.6) is 11.5 Å². The molecule has 1 aliphatic rings. The quantitative estimate of drug-likeness (QED) is 0.243. The molecule has 0 N–H and O–H groups in total. The highest BCUT2D eigenvalue weighted by Gasteiger charge is 2.22. The third-order valence-corrected chi connectivity index (χ3v) is 6.89. The number of aromatic nitrogens is 2. The van der Waals surface area contributed by atoms with E-state index in [0.29, 0.717) is 29.1 Å². The van der Waals surface area contributed by atoms with Crippen LogP contribution < -0.4 is 4.74 Å². The Kier molecular flexibility index (Phi) is 7.82. The molecule has 4 aromatic rings. The van der Waals surface area contributed by atoms with E-state index in [0.717, 1.165) is 60.7 Å². The smallest absolute Gasteiger partial charge is 0.305 e. The van der Waals surface area contributed by atoms with Gasteiger partial charge in [0.15, 0.2) is 0 Å². The van der Waals surface area contributed by atoms with Gasteiger partial charge in [0.25, 0.3) is 5.89 Å². The predicted octanol–water partition coefficient (Wildman–Crippen LogP) is 6.62. The molecule has 1 aromatic heterocycles. The molecule has 0 aliphatic carbocycles. The molecule has 190 valence electrons. The average Bonchev–Trinajstić information content (AvgIpc) is 3.41. The highest BCUT2D eigenvalue weighted by molar-refractivity contribution is 6.33. The Hall–Kier alpha value is -3.68. The zero-order chi connectivity index (χ0) is 25.6. The lowest BCUT2D eigenvalue weighted by Gasteiger charge is -2.31. The summed E-state index contributed by atoms with van der Waals surface area (Å²) in [6.45, 7) is 2.70. The molecule has 0 saturated carbocycles. The van der Waals surface area contributed by atoms with E-state index in [1.807, 2.05) is 72.8 Å². The predicted molar refractivity (Wildman–Crippen MR) is 141 cm³/mol. The van der Waals surface area contributed by atoms with Crippen molar-refractivity contribution in [2.45, 2.75) is 25.8 Å². The minimum atomic E-state index is -0.125. The van der Waals surface area contributed by atoms with Gasteiger partial charge in [-0.1, -0.05) is 41.0 Å². The first-order chi connectivity index (χ1) is 18.1. The molecular weight excluding hydrogens is 490 g/mol. The molecule has 37 heavy (non-hydrogen) atoms. The van der Waals surface area contributed by atoms with Crippen LogP contribution in [-0.2, 0) is 16.1 Å². The average molecular weight is 518 g/mol. The van der Waals surface area contributed by atoms with Crippen molar-refractivity contribution in [1.29, 1.82) is 0 Å². The lowest BCUT2D eigenvalue weighted by Crippen LogP contribution is -2.34. The van der Waals surface area contributed by atoms with Gasteiger partial charge in [-0.3, -0.25) is 9.69 Å². The number of rotatable bonds is 8. The van der Waals surface area contributed by atoms with Gasteiger partial charge in [-0.25, -0.2) is 0 Å². The molecule has 8 heteroatoms. The van der Waals surface area contributed by atoms with Crippen LogP contribution in [0, 0.1) is 5.92 Å². The van der Waals surface area contributed by atoms with Gasteiger partial charge < -0.3 is 14.0 Å². The van der Waals surface area contributed by atoms with Crippen LogP contribution in [0.4, 0.5) is 0 Å². The van der Waals surface area contributed by atoms with Crippen LogP contribution >= 0.6 is 11.6 Å². The molecule has 1 aliphatic heterocycles. The summed E-state index contributed by atoms with van der Waals surface area (Å²) in [5.41, 5.74) is 2.64. The Morgan fingerprint density at radius 1 is 1.03 bits per heavy atom. The van der Waals surface area contributed by atoms with Gasteiger partial charge >= 0.3 is 5.97 Å². The number of esters is 1. The number of hydrogen-bond donors (Lipinski definition) is 0. The largest absolute Gasteiger partial charge is 0.469 e. The fraction of sp³-hybridized carbons (Fsp3) is 0.276. The molecule has 0 bridgehead atoms. The third kappa shape index (κ3) is 6.37. The fourth-order valence-electron chi connectivity index (χ4n) is 4.50. The molecule has 7 nitrogen and oxygen atoms in total. The van der Waals surface area contributed by atoms with Crippen molar-refractivity contribution in [2.75, 3.05) is 20.2 Å². The third-order valence-electron chi connectivity index (χ3n) is 6.58. The maximum absolute atomic E-state index is 11.5. The normalized spacial score (nSPS) is 14.4. The Bertz CT molecular complexity index is 1330. The van der Waals surface area contributed by atoms with Crippen LogP contribution in [0.3, 0.4) is 0 Å². The van der Waals surface area contributed by atoms with E-state index in [9.17, 15) is 4.79 Å². The lowest BCUT2D eigenvalue weighted by atomic mass is 9.93. The Morgan fingerprint density at radius 2 is 1.76 bits per heavy atom. The minimum absolute atomic E-state index is 0.125. The molecule has 0 spiro atoms. The standard InChI is InChI=1S/C29H28ClN3O4/c1-35-27(34)18-20-13-15-33(16-14-20)19-21-7-12-25(26(30)17-21)28-31-29(37-32-28)22-8-10-24(11-9-22)36-23-5-3-2-4-6-23/h2-12,17,20H,13-16,18-19H2,1H3. The summed E-state index contributed by atoms with van der Waals surface area (Å²) >= 11 is 6.62. The van der Waals surface area contributed by atoms with E-state index >= 15 is 0 Å². The van der Waals surface area contributed by atoms with Crippen molar-refractivity contribution >= 4 is 17.6 Å². The van der Waals surface area contributed by atoms with Crippen LogP contribution in [0.25, 0.3) is 22.8 Å². The van der Waals surface area contributed by atoms with Crippen molar-refractivity contribution in [3.63, 3.8) is 0 Å². The summed E-state index contributed by atoms with van der Waals surface area (Å²) in [6.07, 6.45) is 2.49. The van der Waals surface area contributed by atoms with E-state index in [1.165, 1.54) is 7.11 Å². The van der Waals surface area contributed by atoms with Crippen molar-refractivity contribution in [1.82, 2.24) is 15.0 Å². The van der Waals surface area contributed by atoms with Crippen molar-refractivity contribution < 1.29 is 18.8 Å². The van der Waals surface area contributed by atoms with Gasteiger partial charge in [0.1, 0.15) is 11.5 Å². The number of nitrogens with zero attached hydrogens (tertiary/aromatic N) is 3. The van der Waals surface area contributed by atoms with E-state index in [1.54, 1.807) is 0 Å². The fourth-order valence-corrected chi connectivity index (χ4v) is 4.79. The highest BCUT2D eigenvalue weighted by Crippen LogP contribution is 2.31. The molecule has 0 radical (unpaired) electrons. The number of benzene rings is 3. The number of ether oxygens (including phenoxy) is 2. The molecule has 0 amide bonds. The van der Waals surface area contributed by atoms with Gasteiger partial charge in [-0.15, -0.1) is 0 Å². The zero-order valence-electron chi connectivity index (χ0n) is 20.6. The number of likely N-dealkylation sites (tertiary alicyclic amines) is 1. The first-order valence-electron chi connectivity index (χ1n) is 12.3. The number of piperidine rings is 1. The van der Waals surface area contributed by atoms with Crippen LogP contribution in [-0.4, -0.2) is 41.2 Å². The van der Waals surface area contributed by atoms with Crippen molar-refractivity contribution in [2.24, 2.45) is 5.92 Å². The number of carbonyl (C=O) groups excluding carboxylic acids is 1. The molecule has 0 atom stereocenters. The second-order valence-electron chi connectivity index (χ2n) is 9.18. The van der Waals surface area contributed by atoms with E-state index in [4.69, 9.17) is 25.6 Å². The maximum atomic E-state index is 11.5. The molecule has 1 saturated heterocycles. The van der Waals surface area contributed by atoms with Crippen LogP contribution in [0.1, 0.15) is 24.8 Å². The number of methoxy groups -OCH3 is 1. The van der Waals surface area contributed by atoms with Gasteiger partial charge in [0.2, 0.25) is 5.82 Å². The lowest BCUT2D eigenvalue weighted by molar-refractivity contribution is -0.142. The SMILES string of the molecule is COC(=O)CC1CCN(Cc2ccc(-c3noc(-c4ccc(Oc5ccccc5)cc4)n3)c(Cl)c2)CC1. The Balaban J connectivity index is 1.20.